The first-order chi connectivity index (χ1) is 14.9. The van der Waals surface area contributed by atoms with Crippen LogP contribution in [0.15, 0.2) is 48.5 Å². The summed E-state index contributed by atoms with van der Waals surface area (Å²) in [7, 11) is 1.37. The van der Waals surface area contributed by atoms with Gasteiger partial charge in [0.1, 0.15) is 0 Å². The maximum absolute atomic E-state index is 13.1. The van der Waals surface area contributed by atoms with Gasteiger partial charge >= 0.3 is 5.97 Å². The predicted octanol–water partition coefficient (Wildman–Crippen LogP) is 3.14. The second kappa shape index (κ2) is 8.34. The summed E-state index contributed by atoms with van der Waals surface area (Å²) < 4.78 is 4.95. The van der Waals surface area contributed by atoms with E-state index in [1.807, 2.05) is 31.2 Å². The molecule has 31 heavy (non-hydrogen) atoms. The fourth-order valence-electron chi connectivity index (χ4n) is 4.51. The Morgan fingerprint density at radius 2 is 1.61 bits per heavy atom. The minimum atomic E-state index is -0.404. The number of fused-ring (bicyclic) bond motifs is 2. The highest BCUT2D eigenvalue weighted by Gasteiger charge is 2.38. The zero-order valence-electron chi connectivity index (χ0n) is 17.5. The van der Waals surface area contributed by atoms with Gasteiger partial charge in [0.25, 0.3) is 11.8 Å². The van der Waals surface area contributed by atoms with Crippen LogP contribution >= 0.6 is 0 Å². The summed E-state index contributed by atoms with van der Waals surface area (Å²) in [6, 6.07) is 13.9. The van der Waals surface area contributed by atoms with Crippen LogP contribution < -0.4 is 4.90 Å². The molecule has 0 aliphatic carbocycles. The highest BCUT2D eigenvalue weighted by Crippen LogP contribution is 2.39. The fraction of sp³-hybridized carbons (Fsp3) is 0.333. The van der Waals surface area contributed by atoms with Gasteiger partial charge in [0.15, 0.2) is 0 Å². The summed E-state index contributed by atoms with van der Waals surface area (Å²) in [5, 5.41) is 0. The van der Waals surface area contributed by atoms with E-state index in [-0.39, 0.29) is 42.7 Å². The van der Waals surface area contributed by atoms with Crippen molar-refractivity contribution in [2.24, 2.45) is 0 Å². The van der Waals surface area contributed by atoms with Crippen molar-refractivity contribution in [2.45, 2.75) is 38.1 Å². The van der Waals surface area contributed by atoms with Gasteiger partial charge in [-0.25, -0.2) is 0 Å². The Morgan fingerprint density at radius 3 is 2.26 bits per heavy atom. The standard InChI is InChI=1S/C24H24N2O5/c1-15-14-19(24(30)31-2)16-8-5-6-11-20(16)26(15)21(27)12-7-13-25-22(28)17-9-3-4-10-18(17)23(25)29/h3-6,8-11,15,19H,7,12-14H2,1-2H3. The number of carbonyl (C=O) groups is 4. The van der Waals surface area contributed by atoms with E-state index in [9.17, 15) is 19.2 Å². The van der Waals surface area contributed by atoms with Gasteiger partial charge < -0.3 is 9.64 Å². The van der Waals surface area contributed by atoms with Gasteiger partial charge in [-0.05, 0) is 43.5 Å². The number of para-hydroxylation sites is 1. The summed E-state index contributed by atoms with van der Waals surface area (Å²) >= 11 is 0. The van der Waals surface area contributed by atoms with Crippen LogP contribution in [0.1, 0.15) is 58.4 Å². The van der Waals surface area contributed by atoms with Crippen molar-refractivity contribution in [3.8, 4) is 0 Å². The first-order valence-corrected chi connectivity index (χ1v) is 10.4. The van der Waals surface area contributed by atoms with Crippen molar-refractivity contribution >= 4 is 29.4 Å². The van der Waals surface area contributed by atoms with Crippen molar-refractivity contribution in [2.75, 3.05) is 18.6 Å². The van der Waals surface area contributed by atoms with E-state index >= 15 is 0 Å². The molecular weight excluding hydrogens is 396 g/mol. The molecule has 0 saturated carbocycles. The highest BCUT2D eigenvalue weighted by molar-refractivity contribution is 6.21. The molecule has 0 bridgehead atoms. The van der Waals surface area contributed by atoms with Gasteiger partial charge in [0, 0.05) is 24.7 Å². The summed E-state index contributed by atoms with van der Waals surface area (Å²) in [6.07, 6.45) is 1.04. The molecule has 2 unspecified atom stereocenters. The second-order valence-corrected chi connectivity index (χ2v) is 7.89. The number of hydrogen-bond acceptors (Lipinski definition) is 5. The van der Waals surface area contributed by atoms with E-state index in [1.165, 1.54) is 12.0 Å². The molecule has 7 nitrogen and oxygen atoms in total. The average Bonchev–Trinajstić information content (AvgIpc) is 3.03. The number of esters is 1. The van der Waals surface area contributed by atoms with E-state index in [1.54, 1.807) is 29.2 Å². The van der Waals surface area contributed by atoms with Crippen LogP contribution in [0.2, 0.25) is 0 Å². The Morgan fingerprint density at radius 1 is 1.00 bits per heavy atom. The molecule has 4 rings (SSSR count). The average molecular weight is 420 g/mol. The monoisotopic (exact) mass is 420 g/mol. The molecule has 0 saturated heterocycles. The number of anilines is 1. The van der Waals surface area contributed by atoms with Gasteiger partial charge in [-0.3, -0.25) is 24.1 Å². The maximum Gasteiger partial charge on any atom is 0.313 e. The lowest BCUT2D eigenvalue weighted by Crippen LogP contribution is -2.44. The third kappa shape index (κ3) is 3.60. The number of methoxy groups -OCH3 is 1. The normalized spacial score (nSPS) is 19.8. The summed E-state index contributed by atoms with van der Waals surface area (Å²) in [4.78, 5) is 53.2. The lowest BCUT2D eigenvalue weighted by atomic mass is 9.86. The van der Waals surface area contributed by atoms with Crippen molar-refractivity contribution < 1.29 is 23.9 Å². The molecular formula is C24H24N2O5. The quantitative estimate of drug-likeness (QED) is 0.548. The highest BCUT2D eigenvalue weighted by atomic mass is 16.5. The molecule has 0 aromatic heterocycles. The lowest BCUT2D eigenvalue weighted by molar-refractivity contribution is -0.143. The zero-order chi connectivity index (χ0) is 22.1. The van der Waals surface area contributed by atoms with Crippen LogP contribution in [0.4, 0.5) is 5.69 Å². The van der Waals surface area contributed by atoms with E-state index < -0.39 is 5.92 Å². The lowest BCUT2D eigenvalue weighted by Gasteiger charge is -2.38. The third-order valence-corrected chi connectivity index (χ3v) is 5.99. The van der Waals surface area contributed by atoms with Crippen molar-refractivity contribution in [1.82, 2.24) is 4.90 Å². The fourth-order valence-corrected chi connectivity index (χ4v) is 4.51. The molecule has 0 fully saturated rings. The van der Waals surface area contributed by atoms with Gasteiger partial charge in [-0.15, -0.1) is 0 Å². The zero-order valence-corrected chi connectivity index (χ0v) is 17.5. The molecule has 0 N–H and O–H groups in total. The van der Waals surface area contributed by atoms with Crippen LogP contribution in [0.25, 0.3) is 0 Å². The molecule has 2 aliphatic heterocycles. The van der Waals surface area contributed by atoms with Crippen LogP contribution in [0, 0.1) is 0 Å². The Labute approximate surface area is 180 Å². The smallest absolute Gasteiger partial charge is 0.313 e. The number of hydrogen-bond donors (Lipinski definition) is 0. The molecule has 3 amide bonds. The van der Waals surface area contributed by atoms with Crippen LogP contribution in [-0.2, 0) is 14.3 Å². The van der Waals surface area contributed by atoms with Gasteiger partial charge in [0.2, 0.25) is 5.91 Å². The van der Waals surface area contributed by atoms with Crippen LogP contribution in [0.5, 0.6) is 0 Å². The minimum absolute atomic E-state index is 0.0973. The SMILES string of the molecule is COC(=O)C1CC(C)N(C(=O)CCCN2C(=O)c3ccccc3C2=O)c2ccccc21. The molecule has 2 atom stereocenters. The molecule has 2 aliphatic rings. The number of carbonyl (C=O) groups excluding carboxylic acids is 4. The minimum Gasteiger partial charge on any atom is -0.469 e. The Balaban J connectivity index is 1.45. The summed E-state index contributed by atoms with van der Waals surface area (Å²) in [6.45, 7) is 2.10. The number of imide groups is 1. The van der Waals surface area contributed by atoms with E-state index in [0.717, 1.165) is 5.56 Å². The summed E-state index contributed by atoms with van der Waals surface area (Å²) in [5.74, 6) is -1.44. The van der Waals surface area contributed by atoms with Gasteiger partial charge in [0.05, 0.1) is 24.2 Å². The van der Waals surface area contributed by atoms with Crippen molar-refractivity contribution in [3.05, 3.63) is 65.2 Å². The maximum atomic E-state index is 13.1. The Hall–Kier alpha value is -3.48. The molecule has 0 radical (unpaired) electrons. The number of nitrogens with zero attached hydrogens (tertiary/aromatic N) is 2. The van der Waals surface area contributed by atoms with Crippen LogP contribution in [0.3, 0.4) is 0 Å². The summed E-state index contributed by atoms with van der Waals surface area (Å²) in [5.41, 5.74) is 2.31. The van der Waals surface area contributed by atoms with E-state index in [2.05, 4.69) is 0 Å². The van der Waals surface area contributed by atoms with Gasteiger partial charge in [-0.1, -0.05) is 30.3 Å². The van der Waals surface area contributed by atoms with Crippen molar-refractivity contribution in [3.63, 3.8) is 0 Å². The third-order valence-electron chi connectivity index (χ3n) is 5.99. The topological polar surface area (TPSA) is 84.0 Å². The molecule has 160 valence electrons. The Bertz CT molecular complexity index is 1030. The number of benzene rings is 2. The second-order valence-electron chi connectivity index (χ2n) is 7.89. The molecule has 2 aromatic carbocycles. The largest absolute Gasteiger partial charge is 0.469 e. The first-order valence-electron chi connectivity index (χ1n) is 10.4. The Kier molecular flexibility index (Phi) is 5.59. The van der Waals surface area contributed by atoms with E-state index in [0.29, 0.717) is 29.7 Å². The van der Waals surface area contributed by atoms with Crippen LogP contribution in [-0.4, -0.2) is 48.3 Å². The molecule has 0 spiro atoms. The predicted molar refractivity (Wildman–Crippen MR) is 114 cm³/mol. The molecule has 2 heterocycles. The van der Waals surface area contributed by atoms with E-state index in [4.69, 9.17) is 4.74 Å². The van der Waals surface area contributed by atoms with Crippen molar-refractivity contribution in [1.29, 1.82) is 0 Å². The number of ether oxygens (including phenoxy) is 1. The van der Waals surface area contributed by atoms with Gasteiger partial charge in [-0.2, -0.15) is 0 Å². The number of rotatable bonds is 5. The molecule has 2 aromatic rings. The molecule has 7 heteroatoms. The first kappa shape index (κ1) is 20.8. The number of amides is 3.